The molecular weight excluding hydrogens is 432 g/mol. The normalized spacial score (nSPS) is 11.2. The number of rotatable bonds is 6. The summed E-state index contributed by atoms with van der Waals surface area (Å²) in [6.07, 6.45) is 2.28. The van der Waals surface area contributed by atoms with Gasteiger partial charge in [-0.15, -0.1) is 0 Å². The molecule has 1 N–H and O–H groups in total. The third-order valence-corrected chi connectivity index (χ3v) is 6.18. The van der Waals surface area contributed by atoms with E-state index in [0.717, 1.165) is 22.7 Å². The zero-order valence-corrected chi connectivity index (χ0v) is 18.9. The van der Waals surface area contributed by atoms with Gasteiger partial charge in [-0.1, -0.05) is 19.1 Å². The minimum Gasteiger partial charge on any atom is -0.324 e. The minimum atomic E-state index is -0.455. The first-order valence-corrected chi connectivity index (χ1v) is 10.7. The van der Waals surface area contributed by atoms with Crippen molar-refractivity contribution < 1.29 is 4.79 Å². The SMILES string of the molecule is CCc1ccc(NC(=O)Cn2ncnc2Sc2nc3c(c(=O)n(C)c(=O)n3C)n2C)cc1. The van der Waals surface area contributed by atoms with Crippen LogP contribution in [-0.4, -0.2) is 39.4 Å². The monoisotopic (exact) mass is 454 g/mol. The third kappa shape index (κ3) is 3.84. The highest BCUT2D eigenvalue weighted by atomic mass is 32.2. The van der Waals surface area contributed by atoms with E-state index in [1.54, 1.807) is 18.7 Å². The molecule has 3 heterocycles. The highest BCUT2D eigenvalue weighted by molar-refractivity contribution is 7.99. The highest BCUT2D eigenvalue weighted by Gasteiger charge is 2.20. The van der Waals surface area contributed by atoms with Crippen molar-refractivity contribution in [2.75, 3.05) is 5.32 Å². The molecule has 12 heteroatoms. The fourth-order valence-electron chi connectivity index (χ4n) is 3.27. The van der Waals surface area contributed by atoms with Gasteiger partial charge in [0.25, 0.3) is 5.56 Å². The maximum Gasteiger partial charge on any atom is 0.332 e. The molecule has 1 aromatic carbocycles. The maximum absolute atomic E-state index is 12.6. The quantitative estimate of drug-likeness (QED) is 0.460. The van der Waals surface area contributed by atoms with Crippen LogP contribution in [0.15, 0.2) is 50.5 Å². The number of amides is 1. The van der Waals surface area contributed by atoms with E-state index in [2.05, 4.69) is 27.3 Å². The van der Waals surface area contributed by atoms with Crippen molar-refractivity contribution >= 4 is 34.5 Å². The van der Waals surface area contributed by atoms with Gasteiger partial charge in [0.05, 0.1) is 0 Å². The van der Waals surface area contributed by atoms with Gasteiger partial charge >= 0.3 is 5.69 Å². The molecule has 0 aliphatic heterocycles. The second-order valence-corrected chi connectivity index (χ2v) is 8.17. The summed E-state index contributed by atoms with van der Waals surface area (Å²) in [6, 6.07) is 7.65. The van der Waals surface area contributed by atoms with Crippen LogP contribution in [0.2, 0.25) is 0 Å². The number of hydrogen-bond acceptors (Lipinski definition) is 7. The number of aromatic nitrogens is 7. The van der Waals surface area contributed by atoms with E-state index in [0.29, 0.717) is 21.5 Å². The van der Waals surface area contributed by atoms with Gasteiger partial charge in [0.2, 0.25) is 5.91 Å². The summed E-state index contributed by atoms with van der Waals surface area (Å²) >= 11 is 1.15. The Balaban J connectivity index is 1.57. The number of fused-ring (bicyclic) bond motifs is 1. The van der Waals surface area contributed by atoms with Gasteiger partial charge in [0.1, 0.15) is 12.9 Å². The summed E-state index contributed by atoms with van der Waals surface area (Å²) in [7, 11) is 4.68. The average molecular weight is 455 g/mol. The molecule has 11 nitrogen and oxygen atoms in total. The van der Waals surface area contributed by atoms with Crippen LogP contribution < -0.4 is 16.6 Å². The van der Waals surface area contributed by atoms with Gasteiger partial charge in [0, 0.05) is 26.8 Å². The predicted molar refractivity (Wildman–Crippen MR) is 120 cm³/mol. The predicted octanol–water partition coefficient (Wildman–Crippen LogP) is 0.914. The Morgan fingerprint density at radius 1 is 1.03 bits per heavy atom. The Morgan fingerprint density at radius 3 is 2.44 bits per heavy atom. The molecule has 4 aromatic rings. The molecule has 32 heavy (non-hydrogen) atoms. The van der Waals surface area contributed by atoms with Gasteiger partial charge in [-0.05, 0) is 35.9 Å². The molecule has 0 radical (unpaired) electrons. The van der Waals surface area contributed by atoms with Gasteiger partial charge in [-0.25, -0.2) is 19.4 Å². The lowest BCUT2D eigenvalue weighted by Crippen LogP contribution is -2.37. The van der Waals surface area contributed by atoms with E-state index in [9.17, 15) is 14.4 Å². The van der Waals surface area contributed by atoms with Gasteiger partial charge in [0.15, 0.2) is 21.5 Å². The zero-order chi connectivity index (χ0) is 23.0. The Hall–Kier alpha value is -3.67. The van der Waals surface area contributed by atoms with Crippen LogP contribution in [-0.2, 0) is 38.9 Å². The molecule has 0 saturated carbocycles. The molecule has 0 unspecified atom stereocenters. The number of carbonyl (C=O) groups is 1. The largest absolute Gasteiger partial charge is 0.332 e. The number of hydrogen-bond donors (Lipinski definition) is 1. The van der Waals surface area contributed by atoms with Crippen molar-refractivity contribution in [2.24, 2.45) is 21.1 Å². The number of nitrogens with one attached hydrogen (secondary N) is 1. The lowest BCUT2D eigenvalue weighted by Gasteiger charge is -2.08. The van der Waals surface area contributed by atoms with Crippen LogP contribution in [0.3, 0.4) is 0 Å². The average Bonchev–Trinajstić information content (AvgIpc) is 3.35. The molecule has 3 aromatic heterocycles. The summed E-state index contributed by atoms with van der Waals surface area (Å²) in [4.78, 5) is 45.9. The summed E-state index contributed by atoms with van der Waals surface area (Å²) in [5, 5.41) is 7.86. The zero-order valence-electron chi connectivity index (χ0n) is 18.1. The number of carbonyl (C=O) groups excluding carboxylic acids is 1. The topological polar surface area (TPSA) is 122 Å². The van der Waals surface area contributed by atoms with E-state index in [1.165, 1.54) is 28.2 Å². The minimum absolute atomic E-state index is 0.0396. The Bertz CT molecular complexity index is 1430. The summed E-state index contributed by atoms with van der Waals surface area (Å²) in [6.45, 7) is 2.03. The second-order valence-electron chi connectivity index (χ2n) is 7.23. The van der Waals surface area contributed by atoms with E-state index >= 15 is 0 Å². The highest BCUT2D eigenvalue weighted by Crippen LogP contribution is 2.26. The number of aryl methyl sites for hydroxylation is 3. The Morgan fingerprint density at radius 2 is 1.75 bits per heavy atom. The first kappa shape index (κ1) is 21.6. The smallest absolute Gasteiger partial charge is 0.324 e. The Kier molecular flexibility index (Phi) is 5.70. The van der Waals surface area contributed by atoms with Crippen LogP contribution >= 0.6 is 11.8 Å². The summed E-state index contributed by atoms with van der Waals surface area (Å²) in [5.41, 5.74) is 1.59. The van der Waals surface area contributed by atoms with Crippen molar-refractivity contribution in [1.29, 1.82) is 0 Å². The van der Waals surface area contributed by atoms with Gasteiger partial charge in [-0.3, -0.25) is 18.7 Å². The third-order valence-electron chi connectivity index (χ3n) is 5.14. The fraction of sp³-hybridized carbons (Fsp3) is 0.300. The molecule has 0 aliphatic rings. The maximum atomic E-state index is 12.6. The second kappa shape index (κ2) is 8.46. The number of benzene rings is 1. The van der Waals surface area contributed by atoms with Crippen LogP contribution in [0, 0.1) is 0 Å². The van der Waals surface area contributed by atoms with Crippen molar-refractivity contribution in [3.8, 4) is 0 Å². The molecule has 0 aliphatic carbocycles. The Labute approximate surface area is 186 Å². The van der Waals surface area contributed by atoms with Crippen LogP contribution in [0.5, 0.6) is 0 Å². The molecule has 0 spiro atoms. The van der Waals surface area contributed by atoms with Crippen molar-refractivity contribution in [3.05, 3.63) is 57.0 Å². The fourth-order valence-corrected chi connectivity index (χ4v) is 4.11. The van der Waals surface area contributed by atoms with E-state index in [4.69, 9.17) is 0 Å². The van der Waals surface area contributed by atoms with E-state index in [-0.39, 0.29) is 18.1 Å². The number of nitrogens with zero attached hydrogens (tertiary/aromatic N) is 7. The molecule has 4 rings (SSSR count). The first-order valence-electron chi connectivity index (χ1n) is 9.87. The molecule has 1 amide bonds. The lowest BCUT2D eigenvalue weighted by atomic mass is 10.1. The molecule has 0 atom stereocenters. The number of anilines is 1. The molecule has 0 fully saturated rings. The van der Waals surface area contributed by atoms with Crippen molar-refractivity contribution in [3.63, 3.8) is 0 Å². The van der Waals surface area contributed by atoms with Gasteiger partial charge < -0.3 is 9.88 Å². The lowest BCUT2D eigenvalue weighted by molar-refractivity contribution is -0.117. The van der Waals surface area contributed by atoms with Crippen LogP contribution in [0.4, 0.5) is 5.69 Å². The van der Waals surface area contributed by atoms with Crippen molar-refractivity contribution in [1.82, 2.24) is 33.4 Å². The van der Waals surface area contributed by atoms with E-state index < -0.39 is 11.2 Å². The standard InChI is InChI=1S/C20H22N8O3S/c1-5-12-6-8-13(9-7-12)23-14(29)10-28-18(21-11-22-28)32-19-24-16-15(25(19)2)17(30)27(4)20(31)26(16)3/h6-9,11H,5,10H2,1-4H3,(H,23,29). The van der Waals surface area contributed by atoms with Crippen molar-refractivity contribution in [2.45, 2.75) is 30.2 Å². The summed E-state index contributed by atoms with van der Waals surface area (Å²) < 4.78 is 5.42. The van der Waals surface area contributed by atoms with Gasteiger partial charge in [-0.2, -0.15) is 5.10 Å². The molecular formula is C20H22N8O3S. The van der Waals surface area contributed by atoms with E-state index in [1.807, 2.05) is 24.3 Å². The van der Waals surface area contributed by atoms with Crippen LogP contribution in [0.1, 0.15) is 12.5 Å². The first-order chi connectivity index (χ1) is 15.3. The summed E-state index contributed by atoms with van der Waals surface area (Å²) in [5.74, 6) is -0.247. The number of imidazole rings is 1. The molecule has 0 bridgehead atoms. The molecule has 0 saturated heterocycles. The molecule has 166 valence electrons. The van der Waals surface area contributed by atoms with Crippen LogP contribution in [0.25, 0.3) is 11.2 Å².